The number of benzene rings is 4. The number of carboxylic acid groups (broad SMARTS) is 1. The number of nitrogens with zero attached hydrogens (tertiary/aromatic N) is 1. The number of amides is 1. The lowest BCUT2D eigenvalue weighted by atomic mass is 9.94. The number of aliphatic hydroxyl groups excluding tert-OH is 1. The van der Waals surface area contributed by atoms with E-state index in [0.29, 0.717) is 29.0 Å². The maximum atomic E-state index is 12.4. The number of β-amino-alcohol motifs (C(OH)–C–C–N with tert-alkyl or cyclic N) is 1. The Morgan fingerprint density at radius 3 is 2.21 bits per heavy atom. The fourth-order valence-electron chi connectivity index (χ4n) is 4.43. The predicted molar refractivity (Wildman–Crippen MR) is 162 cm³/mol. The molecule has 4 aromatic rings. The zero-order valence-corrected chi connectivity index (χ0v) is 23.5. The molecule has 0 saturated heterocycles. The van der Waals surface area contributed by atoms with Crippen molar-refractivity contribution < 1.29 is 24.5 Å². The van der Waals surface area contributed by atoms with Gasteiger partial charge >= 0.3 is 5.97 Å². The highest BCUT2D eigenvalue weighted by Crippen LogP contribution is 2.28. The first-order valence-corrected chi connectivity index (χ1v) is 13.5. The summed E-state index contributed by atoms with van der Waals surface area (Å²) < 4.78 is 5.83. The van der Waals surface area contributed by atoms with Gasteiger partial charge in [0.05, 0.1) is 11.1 Å². The second kappa shape index (κ2) is 13.6. The van der Waals surface area contributed by atoms with E-state index >= 15 is 0 Å². The molecule has 4 N–H and O–H groups in total. The summed E-state index contributed by atoms with van der Waals surface area (Å²) >= 11 is 0. The first-order chi connectivity index (χ1) is 20.1. The van der Waals surface area contributed by atoms with Crippen LogP contribution in [0.3, 0.4) is 0 Å². The Hall–Kier alpha value is -4.97. The fraction of sp³-hybridized carbons (Fsp3) is 0.206. The summed E-state index contributed by atoms with van der Waals surface area (Å²) in [6.07, 6.45) is -0.140. The zero-order chi connectivity index (χ0) is 30.1. The van der Waals surface area contributed by atoms with Gasteiger partial charge in [0.25, 0.3) is 5.91 Å². The first kappa shape index (κ1) is 30.0. The largest absolute Gasteiger partial charge is 0.489 e. The topological polar surface area (TPSA) is 132 Å². The van der Waals surface area contributed by atoms with Gasteiger partial charge in [-0.25, -0.2) is 4.79 Å². The third-order valence-corrected chi connectivity index (χ3v) is 6.71. The number of ether oxygens (including phenoxy) is 1. The molecule has 1 atom stereocenters. The number of carbonyl (C=O) groups is 2. The van der Waals surface area contributed by atoms with Gasteiger partial charge in [-0.1, -0.05) is 48.5 Å². The number of nitriles is 1. The molecule has 8 heteroatoms. The minimum Gasteiger partial charge on any atom is -0.489 e. The minimum absolute atomic E-state index is 0.0189. The van der Waals surface area contributed by atoms with Crippen LogP contribution in [0.25, 0.3) is 11.1 Å². The van der Waals surface area contributed by atoms with Crippen molar-refractivity contribution >= 4 is 17.6 Å². The highest BCUT2D eigenvalue weighted by molar-refractivity contribution is 6.04. The van der Waals surface area contributed by atoms with Gasteiger partial charge in [-0.2, -0.15) is 5.26 Å². The number of anilines is 1. The van der Waals surface area contributed by atoms with Crippen LogP contribution in [0.2, 0.25) is 0 Å². The second-order valence-electron chi connectivity index (χ2n) is 10.6. The summed E-state index contributed by atoms with van der Waals surface area (Å²) in [5.41, 5.74) is 4.11. The van der Waals surface area contributed by atoms with Crippen molar-refractivity contribution in [1.29, 1.82) is 5.26 Å². The number of carboxylic acids is 1. The maximum absolute atomic E-state index is 12.4. The van der Waals surface area contributed by atoms with E-state index in [1.54, 1.807) is 42.5 Å². The van der Waals surface area contributed by atoms with Crippen LogP contribution in [-0.4, -0.2) is 46.9 Å². The van der Waals surface area contributed by atoms with Gasteiger partial charge in [0.1, 0.15) is 24.5 Å². The molecule has 0 radical (unpaired) electrons. The van der Waals surface area contributed by atoms with Crippen LogP contribution in [0, 0.1) is 11.3 Å². The number of aliphatic hydroxyl groups is 1. The van der Waals surface area contributed by atoms with Crippen LogP contribution in [0.5, 0.6) is 5.75 Å². The zero-order valence-electron chi connectivity index (χ0n) is 23.5. The molecule has 0 aliphatic heterocycles. The van der Waals surface area contributed by atoms with Crippen LogP contribution in [0.15, 0.2) is 97.1 Å². The van der Waals surface area contributed by atoms with E-state index in [-0.39, 0.29) is 30.2 Å². The highest BCUT2D eigenvalue weighted by atomic mass is 16.5. The minimum atomic E-state index is -1.00. The van der Waals surface area contributed by atoms with Gasteiger partial charge in [-0.05, 0) is 85.5 Å². The highest BCUT2D eigenvalue weighted by Gasteiger charge is 2.20. The third kappa shape index (κ3) is 8.27. The van der Waals surface area contributed by atoms with Gasteiger partial charge in [-0.15, -0.1) is 0 Å². The van der Waals surface area contributed by atoms with E-state index < -0.39 is 12.1 Å². The molecule has 4 aromatic carbocycles. The Morgan fingerprint density at radius 1 is 0.905 bits per heavy atom. The summed E-state index contributed by atoms with van der Waals surface area (Å²) in [6.45, 7) is 4.34. The third-order valence-electron chi connectivity index (χ3n) is 6.71. The normalized spacial score (nSPS) is 11.8. The molecule has 0 bridgehead atoms. The van der Waals surface area contributed by atoms with Crippen LogP contribution in [0.1, 0.15) is 45.7 Å². The number of nitrogens with one attached hydrogen (secondary N) is 2. The molecule has 0 aliphatic rings. The van der Waals surface area contributed by atoms with Gasteiger partial charge < -0.3 is 25.6 Å². The van der Waals surface area contributed by atoms with Crippen molar-refractivity contribution in [2.24, 2.45) is 0 Å². The van der Waals surface area contributed by atoms with Crippen molar-refractivity contribution in [3.05, 3.63) is 119 Å². The second-order valence-corrected chi connectivity index (χ2v) is 10.6. The van der Waals surface area contributed by atoms with Gasteiger partial charge in [-0.3, -0.25) is 4.79 Å². The fourth-order valence-corrected chi connectivity index (χ4v) is 4.43. The number of carbonyl (C=O) groups excluding carboxylic acids is 1. The molecule has 1 amide bonds. The molecule has 0 fully saturated rings. The van der Waals surface area contributed by atoms with Crippen LogP contribution >= 0.6 is 0 Å². The Morgan fingerprint density at radius 2 is 1.57 bits per heavy atom. The Labute approximate surface area is 245 Å². The van der Waals surface area contributed by atoms with E-state index in [0.717, 1.165) is 16.7 Å². The molecule has 0 unspecified atom stereocenters. The van der Waals surface area contributed by atoms with E-state index in [2.05, 4.69) is 16.7 Å². The van der Waals surface area contributed by atoms with Gasteiger partial charge in [0.2, 0.25) is 0 Å². The summed E-state index contributed by atoms with van der Waals surface area (Å²) in [4.78, 5) is 23.5. The Balaban J connectivity index is 1.29. The molecule has 42 heavy (non-hydrogen) atoms. The monoisotopic (exact) mass is 563 g/mol. The summed E-state index contributed by atoms with van der Waals surface area (Å²) in [5, 5.41) is 35.5. The van der Waals surface area contributed by atoms with Crippen LogP contribution in [0.4, 0.5) is 5.69 Å². The van der Waals surface area contributed by atoms with Gasteiger partial charge in [0, 0.05) is 23.3 Å². The van der Waals surface area contributed by atoms with Crippen molar-refractivity contribution in [2.75, 3.05) is 18.5 Å². The van der Waals surface area contributed by atoms with E-state index in [9.17, 15) is 20.0 Å². The number of hydrogen-bond acceptors (Lipinski definition) is 6. The van der Waals surface area contributed by atoms with Crippen LogP contribution in [-0.2, 0) is 6.42 Å². The average Bonchev–Trinajstić information content (AvgIpc) is 3.00. The van der Waals surface area contributed by atoms with Crippen molar-refractivity contribution in [1.82, 2.24) is 5.32 Å². The van der Waals surface area contributed by atoms with E-state index in [1.165, 1.54) is 12.1 Å². The first-order valence-electron chi connectivity index (χ1n) is 13.5. The molecule has 0 aromatic heterocycles. The number of rotatable bonds is 12. The van der Waals surface area contributed by atoms with E-state index in [1.807, 2.05) is 56.3 Å². The van der Waals surface area contributed by atoms with Crippen molar-refractivity contribution in [3.8, 4) is 22.9 Å². The number of aromatic carboxylic acids is 1. The molecule has 8 nitrogen and oxygen atoms in total. The summed E-state index contributed by atoms with van der Waals surface area (Å²) in [7, 11) is 0. The standard InChI is InChI=1S/C34H33N3O5/c1-34(2,19-23-8-16-29(17-9-23)37-32(39)25-6-4-3-5-7-25)36-21-30(38)22-42-31-18-27(14-15-28(31)20-35)24-10-12-26(13-11-24)33(40)41/h3-18,30,36,38H,19,21-22H2,1-2H3,(H,37,39)(H,40,41)/t30-/m1/s1. The lowest BCUT2D eigenvalue weighted by molar-refractivity contribution is 0.0696. The lowest BCUT2D eigenvalue weighted by Crippen LogP contribution is -2.46. The molecule has 4 rings (SSSR count). The molecular formula is C34H33N3O5. The quantitative estimate of drug-likeness (QED) is 0.178. The smallest absolute Gasteiger partial charge is 0.335 e. The molecule has 214 valence electrons. The summed E-state index contributed by atoms with van der Waals surface area (Å²) in [6, 6.07) is 30.4. The summed E-state index contributed by atoms with van der Waals surface area (Å²) in [5.74, 6) is -0.821. The predicted octanol–water partition coefficient (Wildman–Crippen LogP) is 5.53. The molecule has 0 heterocycles. The molecular weight excluding hydrogens is 530 g/mol. The molecule has 0 spiro atoms. The maximum Gasteiger partial charge on any atom is 0.335 e. The van der Waals surface area contributed by atoms with Gasteiger partial charge in [0.15, 0.2) is 0 Å². The van der Waals surface area contributed by atoms with E-state index in [4.69, 9.17) is 9.84 Å². The molecule has 0 saturated carbocycles. The van der Waals surface area contributed by atoms with Crippen molar-refractivity contribution in [3.63, 3.8) is 0 Å². The average molecular weight is 564 g/mol. The molecule has 0 aliphatic carbocycles. The Kier molecular flexibility index (Phi) is 9.71. The van der Waals surface area contributed by atoms with Crippen LogP contribution < -0.4 is 15.4 Å². The SMILES string of the molecule is CC(C)(Cc1ccc(NC(=O)c2ccccc2)cc1)NC[C@@H](O)COc1cc(-c2ccc(C(=O)O)cc2)ccc1C#N. The Bertz CT molecular complexity index is 1560. The van der Waals surface area contributed by atoms with Crippen molar-refractivity contribution in [2.45, 2.75) is 31.9 Å². The lowest BCUT2D eigenvalue weighted by Gasteiger charge is -2.28. The number of hydrogen-bond donors (Lipinski definition) is 4.